The Hall–Kier alpha value is 0.415. The van der Waals surface area contributed by atoms with Gasteiger partial charge in [-0.1, -0.05) is 0 Å². The highest BCUT2D eigenvalue weighted by atomic mass is 31.0. The largest absolute Gasteiger partial charge is 0.382 e. The Morgan fingerprint density at radius 3 is 2.67 bits per heavy atom. The molecule has 0 spiro atoms. The van der Waals surface area contributed by atoms with E-state index in [1.807, 2.05) is 6.92 Å². The van der Waals surface area contributed by atoms with Gasteiger partial charge in [0, 0.05) is 15.5 Å². The van der Waals surface area contributed by atoms with Crippen molar-refractivity contribution in [2.75, 3.05) is 0 Å². The van der Waals surface area contributed by atoms with Crippen LogP contribution in [0.15, 0.2) is 0 Å². The molecule has 0 aromatic heterocycles. The highest BCUT2D eigenvalue weighted by molar-refractivity contribution is 7.09. The molecule has 1 heterocycles. The predicted octanol–water partition coefficient (Wildman–Crippen LogP) is 0.465. The van der Waals surface area contributed by atoms with Crippen molar-refractivity contribution in [2.24, 2.45) is 0 Å². The van der Waals surface area contributed by atoms with Gasteiger partial charge in [0.15, 0.2) is 0 Å². The normalized spacial score (nSPS) is 43.6. The lowest BCUT2D eigenvalue weighted by Gasteiger charge is -2.09. The van der Waals surface area contributed by atoms with Gasteiger partial charge < -0.3 is 9.26 Å². The van der Waals surface area contributed by atoms with Crippen LogP contribution in [0.25, 0.3) is 0 Å². The van der Waals surface area contributed by atoms with Gasteiger partial charge in [0.2, 0.25) is 0 Å². The van der Waals surface area contributed by atoms with E-state index in [1.165, 1.54) is 0 Å². The van der Waals surface area contributed by atoms with Crippen molar-refractivity contribution >= 4 is 17.3 Å². The molecule has 2 radical (unpaired) electrons. The number of ether oxygens (including phenoxy) is 1. The van der Waals surface area contributed by atoms with E-state index in [2.05, 4.69) is 9.47 Å². The van der Waals surface area contributed by atoms with Gasteiger partial charge in [0.25, 0.3) is 0 Å². The zero-order chi connectivity index (χ0) is 6.85. The van der Waals surface area contributed by atoms with Crippen molar-refractivity contribution in [3.63, 3.8) is 0 Å². The second-order valence-electron chi connectivity index (χ2n) is 2.29. The van der Waals surface area contributed by atoms with Crippen LogP contribution in [0.2, 0.25) is 0 Å². The Morgan fingerprint density at radius 1 is 1.78 bits per heavy atom. The minimum Gasteiger partial charge on any atom is -0.382 e. The molecule has 50 valence electrons. The molecule has 0 aliphatic carbocycles. The summed E-state index contributed by atoms with van der Waals surface area (Å²) in [6.07, 6.45) is 1.09. The van der Waals surface area contributed by atoms with Crippen LogP contribution in [0.5, 0.6) is 0 Å². The summed E-state index contributed by atoms with van der Waals surface area (Å²) in [6, 6.07) is -0.134. The average molecular weight is 144 g/mol. The molecule has 9 heavy (non-hydrogen) atoms. The second kappa shape index (κ2) is 3.00. The Labute approximate surface area is 59.0 Å². The molecule has 1 saturated heterocycles. The summed E-state index contributed by atoms with van der Waals surface area (Å²) in [5.41, 5.74) is 0. The first-order valence-corrected chi connectivity index (χ1v) is 3.47. The van der Waals surface area contributed by atoms with Crippen LogP contribution < -0.4 is 0 Å². The minimum atomic E-state index is -0.134. The molecule has 1 rings (SSSR count). The fourth-order valence-corrected chi connectivity index (χ4v) is 1.34. The third-order valence-corrected chi connectivity index (χ3v) is 1.90. The molecular weight excluding hydrogens is 134 g/mol. The Bertz CT molecular complexity index is 101. The lowest BCUT2D eigenvalue weighted by atomic mass is 9.96. The summed E-state index contributed by atoms with van der Waals surface area (Å²) in [5.74, 6) is 0. The summed E-state index contributed by atoms with van der Waals surface area (Å²) < 4.78 is 10.2. The van der Waals surface area contributed by atoms with Gasteiger partial charge in [0.05, 0.1) is 12.2 Å². The molecule has 4 atom stereocenters. The van der Waals surface area contributed by atoms with Crippen molar-refractivity contribution in [1.29, 1.82) is 0 Å². The van der Waals surface area contributed by atoms with Gasteiger partial charge in [-0.3, -0.25) is 0 Å². The lowest BCUT2D eigenvalue weighted by molar-refractivity contribution is 0.0622. The zero-order valence-corrected chi connectivity index (χ0v) is 6.57. The fourth-order valence-electron chi connectivity index (χ4n) is 1.01. The van der Waals surface area contributed by atoms with Crippen molar-refractivity contribution in [2.45, 2.75) is 31.6 Å². The van der Waals surface area contributed by atoms with Gasteiger partial charge in [-0.25, -0.2) is 0 Å². The quantitative estimate of drug-likeness (QED) is 0.393. The monoisotopic (exact) mass is 144 g/mol. The molecule has 1 aliphatic rings. The van der Waals surface area contributed by atoms with Gasteiger partial charge in [-0.2, -0.15) is 0 Å². The van der Waals surface area contributed by atoms with E-state index in [1.54, 1.807) is 0 Å². The summed E-state index contributed by atoms with van der Waals surface area (Å²) in [6.45, 7) is 1.96. The van der Waals surface area contributed by atoms with Gasteiger partial charge >= 0.3 is 0 Å². The topological polar surface area (TPSA) is 18.5 Å². The highest BCUT2D eigenvalue weighted by Crippen LogP contribution is 2.22. The van der Waals surface area contributed by atoms with Crippen LogP contribution in [0.4, 0.5) is 0 Å². The smallest absolute Gasteiger partial charge is 0.109 e. The Morgan fingerprint density at radius 2 is 2.44 bits per heavy atom. The van der Waals surface area contributed by atoms with Crippen molar-refractivity contribution in [3.8, 4) is 0 Å². The third kappa shape index (κ3) is 1.67. The van der Waals surface area contributed by atoms with Crippen LogP contribution in [-0.2, 0) is 9.26 Å². The molecule has 0 saturated carbocycles. The van der Waals surface area contributed by atoms with E-state index in [-0.39, 0.29) is 18.2 Å². The first kappa shape index (κ1) is 7.52. The fraction of sp³-hybridized carbons (Fsp3) is 1.00. The molecule has 1 fully saturated rings. The van der Waals surface area contributed by atoms with Gasteiger partial charge in [-0.15, -0.1) is 0 Å². The van der Waals surface area contributed by atoms with E-state index in [0.29, 0.717) is 0 Å². The van der Waals surface area contributed by atoms with Gasteiger partial charge in [0.1, 0.15) is 7.85 Å². The maximum Gasteiger partial charge on any atom is 0.109 e. The van der Waals surface area contributed by atoms with E-state index in [0.717, 1.165) is 6.42 Å². The molecule has 2 nitrogen and oxygen atoms in total. The van der Waals surface area contributed by atoms with Gasteiger partial charge in [-0.05, 0) is 13.3 Å². The van der Waals surface area contributed by atoms with Crippen LogP contribution >= 0.6 is 9.47 Å². The molecule has 0 bridgehead atoms. The number of hydrogen-bond donors (Lipinski definition) is 0. The highest BCUT2D eigenvalue weighted by Gasteiger charge is 2.28. The summed E-state index contributed by atoms with van der Waals surface area (Å²) in [5, 5.41) is 0. The Balaban J connectivity index is 2.38. The molecule has 4 heteroatoms. The average Bonchev–Trinajstić information content (AvgIpc) is 2.10. The first-order chi connectivity index (χ1) is 4.24. The summed E-state index contributed by atoms with van der Waals surface area (Å²) in [4.78, 5) is 0. The summed E-state index contributed by atoms with van der Waals surface area (Å²) in [7, 11) is 7.71. The van der Waals surface area contributed by atoms with Crippen LogP contribution in [0.3, 0.4) is 0 Å². The Kier molecular flexibility index (Phi) is 2.51. The standard InChI is InChI=1S/C5H10BO2P/c1-3-4(8-9)2-5(6)7-3/h3-5H,2,9H2,1H3/t3-,4?,5-/m1/s1. The van der Waals surface area contributed by atoms with Crippen molar-refractivity contribution < 1.29 is 9.26 Å². The predicted molar refractivity (Wildman–Crippen MR) is 39.3 cm³/mol. The van der Waals surface area contributed by atoms with Crippen LogP contribution in [-0.4, -0.2) is 26.1 Å². The first-order valence-electron chi connectivity index (χ1n) is 3.00. The molecule has 0 aromatic carbocycles. The van der Waals surface area contributed by atoms with Crippen molar-refractivity contribution in [3.05, 3.63) is 0 Å². The SMILES string of the molecule is [B][C@H]1CC(OP)[C@@H](C)O1. The third-order valence-electron chi connectivity index (χ3n) is 1.55. The molecule has 2 unspecified atom stereocenters. The van der Waals surface area contributed by atoms with Crippen molar-refractivity contribution in [1.82, 2.24) is 0 Å². The number of rotatable bonds is 1. The molecule has 0 N–H and O–H groups in total. The summed E-state index contributed by atoms with van der Waals surface area (Å²) >= 11 is 0. The van der Waals surface area contributed by atoms with E-state index >= 15 is 0 Å². The maximum absolute atomic E-state index is 5.48. The maximum atomic E-state index is 5.48. The molecule has 1 aliphatic heterocycles. The zero-order valence-electron chi connectivity index (χ0n) is 5.41. The van der Waals surface area contributed by atoms with E-state index < -0.39 is 0 Å². The minimum absolute atomic E-state index is 0.134. The second-order valence-corrected chi connectivity index (χ2v) is 2.56. The molecular formula is C5H10BO2P. The van der Waals surface area contributed by atoms with Crippen LogP contribution in [0.1, 0.15) is 13.3 Å². The van der Waals surface area contributed by atoms with E-state index in [4.69, 9.17) is 17.1 Å². The molecule has 0 aromatic rings. The lowest BCUT2D eigenvalue weighted by Crippen LogP contribution is -2.16. The number of hydrogen-bond acceptors (Lipinski definition) is 2. The van der Waals surface area contributed by atoms with Crippen LogP contribution in [0, 0.1) is 0 Å². The van der Waals surface area contributed by atoms with E-state index in [9.17, 15) is 0 Å². The molecule has 0 amide bonds.